The topological polar surface area (TPSA) is 54.0 Å². The number of anilines is 3. The van der Waals surface area contributed by atoms with Crippen molar-refractivity contribution in [1.82, 2.24) is 4.98 Å². The van der Waals surface area contributed by atoms with Crippen molar-refractivity contribution in [2.75, 3.05) is 10.6 Å². The van der Waals surface area contributed by atoms with E-state index in [4.69, 9.17) is 11.6 Å². The molecule has 0 aliphatic carbocycles. The lowest BCUT2D eigenvalue weighted by Crippen LogP contribution is -2.13. The third-order valence-electron chi connectivity index (χ3n) is 4.90. The van der Waals surface area contributed by atoms with Gasteiger partial charge in [0, 0.05) is 28.0 Å². The first kappa shape index (κ1) is 19.9. The lowest BCUT2D eigenvalue weighted by molar-refractivity contribution is 0.102. The van der Waals surface area contributed by atoms with Crippen molar-refractivity contribution in [3.63, 3.8) is 0 Å². The second kappa shape index (κ2) is 8.13. The van der Waals surface area contributed by atoms with Crippen LogP contribution >= 0.6 is 11.6 Å². The quantitative estimate of drug-likeness (QED) is 0.390. The highest BCUT2D eigenvalue weighted by Crippen LogP contribution is 2.29. The number of halogens is 2. The van der Waals surface area contributed by atoms with E-state index in [1.807, 2.05) is 49.4 Å². The van der Waals surface area contributed by atoms with Crippen LogP contribution in [0.3, 0.4) is 0 Å². The van der Waals surface area contributed by atoms with E-state index in [0.29, 0.717) is 27.7 Å². The number of aromatic nitrogens is 1. The molecule has 3 aromatic carbocycles. The summed E-state index contributed by atoms with van der Waals surface area (Å²) in [5.41, 5.74) is 3.10. The number of amides is 1. The number of carbonyl (C=O) groups is 1. The van der Waals surface area contributed by atoms with Gasteiger partial charge >= 0.3 is 0 Å². The number of aryl methyl sites for hydroxylation is 2. The van der Waals surface area contributed by atoms with E-state index in [1.165, 1.54) is 12.3 Å². The molecule has 2 N–H and O–H groups in total. The summed E-state index contributed by atoms with van der Waals surface area (Å²) in [5.74, 6) is -0.109. The van der Waals surface area contributed by atoms with E-state index < -0.39 is 0 Å². The third-order valence-corrected chi connectivity index (χ3v) is 5.31. The van der Waals surface area contributed by atoms with Crippen LogP contribution in [0.1, 0.15) is 21.5 Å². The Morgan fingerprint density at radius 2 is 1.63 bits per heavy atom. The Labute approximate surface area is 178 Å². The maximum Gasteiger partial charge on any atom is 0.257 e. The molecule has 150 valence electrons. The van der Waals surface area contributed by atoms with Crippen LogP contribution in [0, 0.1) is 19.7 Å². The first-order valence-corrected chi connectivity index (χ1v) is 9.78. The molecule has 0 saturated heterocycles. The van der Waals surface area contributed by atoms with Gasteiger partial charge in [-0.15, -0.1) is 0 Å². The number of hydrogen-bond donors (Lipinski definition) is 2. The lowest BCUT2D eigenvalue weighted by atomic mass is 10.1. The molecule has 4 aromatic rings. The molecule has 0 spiro atoms. The normalized spacial score (nSPS) is 10.8. The number of rotatable bonds is 4. The molecule has 0 unspecified atom stereocenters. The number of carbonyl (C=O) groups excluding carboxylic acids is 1. The summed E-state index contributed by atoms with van der Waals surface area (Å²) < 4.78 is 13.8. The summed E-state index contributed by atoms with van der Waals surface area (Å²) in [7, 11) is 0. The Hall–Kier alpha value is -3.44. The molecule has 4 rings (SSSR count). The third kappa shape index (κ3) is 3.98. The molecule has 1 amide bonds. The minimum Gasteiger partial charge on any atom is -0.340 e. The van der Waals surface area contributed by atoms with E-state index in [2.05, 4.69) is 15.6 Å². The summed E-state index contributed by atoms with van der Waals surface area (Å²) in [4.78, 5) is 17.3. The average Bonchev–Trinajstić information content (AvgIpc) is 2.73. The largest absolute Gasteiger partial charge is 0.340 e. The van der Waals surface area contributed by atoms with Crippen LogP contribution in [-0.2, 0) is 0 Å². The van der Waals surface area contributed by atoms with Gasteiger partial charge in [-0.05, 0) is 54.6 Å². The van der Waals surface area contributed by atoms with Crippen molar-refractivity contribution in [2.24, 2.45) is 0 Å². The summed E-state index contributed by atoms with van der Waals surface area (Å²) in [6.07, 6.45) is 1.51. The van der Waals surface area contributed by atoms with Crippen LogP contribution < -0.4 is 10.6 Å². The second-order valence-corrected chi connectivity index (χ2v) is 7.48. The van der Waals surface area contributed by atoms with Crippen molar-refractivity contribution in [3.05, 3.63) is 94.4 Å². The van der Waals surface area contributed by atoms with Crippen LogP contribution in [0.15, 0.2) is 66.9 Å². The molecule has 30 heavy (non-hydrogen) atoms. The maximum atomic E-state index is 13.8. The predicted molar refractivity (Wildman–Crippen MR) is 120 cm³/mol. The van der Waals surface area contributed by atoms with Gasteiger partial charge in [-0.25, -0.2) is 9.37 Å². The summed E-state index contributed by atoms with van der Waals surface area (Å²) in [6, 6.07) is 17.8. The van der Waals surface area contributed by atoms with Crippen molar-refractivity contribution in [1.29, 1.82) is 0 Å². The molecule has 0 atom stereocenters. The Kier molecular flexibility index (Phi) is 5.38. The number of benzene rings is 3. The highest BCUT2D eigenvalue weighted by molar-refractivity contribution is 6.31. The summed E-state index contributed by atoms with van der Waals surface area (Å²) in [6.45, 7) is 3.61. The van der Waals surface area contributed by atoms with Crippen LogP contribution in [0.25, 0.3) is 10.8 Å². The van der Waals surface area contributed by atoms with Crippen LogP contribution in [0.4, 0.5) is 21.6 Å². The molecular formula is C24H19ClFN3O. The van der Waals surface area contributed by atoms with Gasteiger partial charge in [0.05, 0.1) is 5.56 Å². The van der Waals surface area contributed by atoms with Crippen molar-refractivity contribution in [3.8, 4) is 0 Å². The number of nitrogens with one attached hydrogen (secondary N) is 2. The average molecular weight is 420 g/mol. The van der Waals surface area contributed by atoms with E-state index in [-0.39, 0.29) is 11.7 Å². The van der Waals surface area contributed by atoms with E-state index in [0.717, 1.165) is 22.0 Å². The number of hydrogen-bond acceptors (Lipinski definition) is 3. The summed E-state index contributed by atoms with van der Waals surface area (Å²) >= 11 is 6.22. The first-order valence-electron chi connectivity index (χ1n) is 9.41. The van der Waals surface area contributed by atoms with Crippen LogP contribution in [0.5, 0.6) is 0 Å². The number of pyridine rings is 1. The van der Waals surface area contributed by atoms with Crippen LogP contribution in [-0.4, -0.2) is 10.9 Å². The molecule has 1 aromatic heterocycles. The van der Waals surface area contributed by atoms with Gasteiger partial charge in [-0.2, -0.15) is 0 Å². The van der Waals surface area contributed by atoms with Crippen molar-refractivity contribution < 1.29 is 9.18 Å². The van der Waals surface area contributed by atoms with Gasteiger partial charge in [0.2, 0.25) is 0 Å². The molecular weight excluding hydrogens is 401 g/mol. The zero-order valence-corrected chi connectivity index (χ0v) is 17.2. The van der Waals surface area contributed by atoms with E-state index >= 15 is 0 Å². The Morgan fingerprint density at radius 3 is 2.37 bits per heavy atom. The Balaban J connectivity index is 1.68. The fourth-order valence-electron chi connectivity index (χ4n) is 3.15. The Morgan fingerprint density at radius 1 is 0.933 bits per heavy atom. The molecule has 0 radical (unpaired) electrons. The SMILES string of the molecule is Cc1ccc(NC(=O)c2cnc(Nc3ccc(C)c(Cl)c3)c3ccccc23)cc1F. The molecule has 0 saturated carbocycles. The zero-order valence-electron chi connectivity index (χ0n) is 16.5. The lowest BCUT2D eigenvalue weighted by Gasteiger charge is -2.13. The van der Waals surface area contributed by atoms with Crippen molar-refractivity contribution >= 4 is 45.5 Å². The maximum absolute atomic E-state index is 13.8. The van der Waals surface area contributed by atoms with Gasteiger partial charge in [0.25, 0.3) is 5.91 Å². The molecule has 6 heteroatoms. The van der Waals surface area contributed by atoms with Gasteiger partial charge in [-0.3, -0.25) is 4.79 Å². The van der Waals surface area contributed by atoms with E-state index in [9.17, 15) is 9.18 Å². The zero-order chi connectivity index (χ0) is 21.3. The van der Waals surface area contributed by atoms with Crippen molar-refractivity contribution in [2.45, 2.75) is 13.8 Å². The first-order chi connectivity index (χ1) is 14.4. The highest BCUT2D eigenvalue weighted by Gasteiger charge is 2.15. The fourth-order valence-corrected chi connectivity index (χ4v) is 3.33. The van der Waals surface area contributed by atoms with Gasteiger partial charge in [0.15, 0.2) is 0 Å². The number of fused-ring (bicyclic) bond motifs is 1. The highest BCUT2D eigenvalue weighted by atomic mass is 35.5. The minimum atomic E-state index is -0.368. The van der Waals surface area contributed by atoms with Gasteiger partial charge in [-0.1, -0.05) is 48.0 Å². The number of nitrogens with zero attached hydrogens (tertiary/aromatic N) is 1. The smallest absolute Gasteiger partial charge is 0.257 e. The van der Waals surface area contributed by atoms with Gasteiger partial charge in [0.1, 0.15) is 11.6 Å². The monoisotopic (exact) mass is 419 g/mol. The van der Waals surface area contributed by atoms with Crippen LogP contribution in [0.2, 0.25) is 5.02 Å². The standard InChI is InChI=1S/C24H19ClFN3O/c1-14-7-9-16(11-21(14)25)28-23-19-6-4-3-5-18(19)20(13-27-23)24(30)29-17-10-8-15(2)22(26)12-17/h3-13H,1-2H3,(H,27,28)(H,29,30). The molecule has 1 heterocycles. The van der Waals surface area contributed by atoms with Gasteiger partial charge < -0.3 is 10.6 Å². The molecule has 0 bridgehead atoms. The fraction of sp³-hybridized carbons (Fsp3) is 0.0833. The summed E-state index contributed by atoms with van der Waals surface area (Å²) in [5, 5.41) is 8.19. The second-order valence-electron chi connectivity index (χ2n) is 7.07. The molecule has 0 aliphatic rings. The Bertz CT molecular complexity index is 1270. The molecule has 0 aliphatic heterocycles. The van der Waals surface area contributed by atoms with E-state index in [1.54, 1.807) is 19.1 Å². The minimum absolute atomic E-state index is 0.355. The molecule has 0 fully saturated rings. The predicted octanol–water partition coefficient (Wildman–Crippen LogP) is 6.64. The molecule has 4 nitrogen and oxygen atoms in total.